The molecular formula is C18H19N. The Hall–Kier alpha value is -2.02. The second kappa shape index (κ2) is 5.75. The van der Waals surface area contributed by atoms with Gasteiger partial charge in [0.25, 0.3) is 0 Å². The lowest BCUT2D eigenvalue weighted by Crippen LogP contribution is -2.31. The Kier molecular flexibility index (Phi) is 3.64. The van der Waals surface area contributed by atoms with Gasteiger partial charge in [-0.05, 0) is 43.5 Å². The minimum Gasteiger partial charge on any atom is -0.338 e. The van der Waals surface area contributed by atoms with E-state index in [1.807, 2.05) is 0 Å². The molecule has 1 heteroatoms. The maximum Gasteiger partial charge on any atom is 0.0413 e. The highest BCUT2D eigenvalue weighted by Crippen LogP contribution is 2.32. The van der Waals surface area contributed by atoms with Gasteiger partial charge in [0.15, 0.2) is 0 Å². The molecule has 0 saturated heterocycles. The Morgan fingerprint density at radius 3 is 1.79 bits per heavy atom. The number of rotatable bonds is 3. The Labute approximate surface area is 115 Å². The fourth-order valence-electron chi connectivity index (χ4n) is 2.76. The summed E-state index contributed by atoms with van der Waals surface area (Å²) < 4.78 is 0. The van der Waals surface area contributed by atoms with E-state index in [0.29, 0.717) is 6.04 Å². The molecule has 0 bridgehead atoms. The van der Waals surface area contributed by atoms with Crippen LogP contribution in [0.1, 0.15) is 19.3 Å². The molecule has 1 aliphatic carbocycles. The van der Waals surface area contributed by atoms with Crippen molar-refractivity contribution in [2.75, 3.05) is 4.90 Å². The molecule has 0 radical (unpaired) electrons. The largest absolute Gasteiger partial charge is 0.338 e. The summed E-state index contributed by atoms with van der Waals surface area (Å²) in [6, 6.07) is 22.0. The standard InChI is InChI=1S/C18H19N/c1-4-10-16(11-5-1)19(17-12-6-2-7-13-17)18-14-8-3-9-15-18/h1-8,10-13,18H,9,14-15H2. The maximum atomic E-state index is 2.48. The Morgan fingerprint density at radius 1 is 0.737 bits per heavy atom. The van der Waals surface area contributed by atoms with Crippen molar-refractivity contribution < 1.29 is 0 Å². The Morgan fingerprint density at radius 2 is 1.32 bits per heavy atom. The fourth-order valence-corrected chi connectivity index (χ4v) is 2.76. The van der Waals surface area contributed by atoms with Gasteiger partial charge in [-0.2, -0.15) is 0 Å². The van der Waals surface area contributed by atoms with E-state index in [1.54, 1.807) is 0 Å². The van der Waals surface area contributed by atoms with E-state index in [0.717, 1.165) is 6.42 Å². The van der Waals surface area contributed by atoms with Crippen molar-refractivity contribution in [2.24, 2.45) is 0 Å². The lowest BCUT2D eigenvalue weighted by atomic mass is 9.99. The molecule has 96 valence electrons. The van der Waals surface area contributed by atoms with Gasteiger partial charge in [-0.15, -0.1) is 0 Å². The van der Waals surface area contributed by atoms with Gasteiger partial charge in [0, 0.05) is 17.4 Å². The summed E-state index contributed by atoms with van der Waals surface area (Å²) in [5.74, 6) is 0. The molecule has 0 amide bonds. The highest BCUT2D eigenvalue weighted by atomic mass is 15.2. The zero-order valence-electron chi connectivity index (χ0n) is 11.1. The Balaban J connectivity index is 1.98. The van der Waals surface area contributed by atoms with Crippen molar-refractivity contribution >= 4 is 11.4 Å². The van der Waals surface area contributed by atoms with Crippen molar-refractivity contribution in [2.45, 2.75) is 25.3 Å². The zero-order valence-corrected chi connectivity index (χ0v) is 11.1. The highest BCUT2D eigenvalue weighted by molar-refractivity contribution is 5.64. The smallest absolute Gasteiger partial charge is 0.0413 e. The summed E-state index contributed by atoms with van der Waals surface area (Å²) in [4.78, 5) is 2.48. The van der Waals surface area contributed by atoms with Crippen LogP contribution in [0, 0.1) is 0 Å². The number of benzene rings is 2. The summed E-state index contributed by atoms with van der Waals surface area (Å²) in [6.45, 7) is 0. The maximum absolute atomic E-state index is 2.48. The molecule has 0 aliphatic heterocycles. The molecule has 0 heterocycles. The first-order valence-corrected chi connectivity index (χ1v) is 6.99. The summed E-state index contributed by atoms with van der Waals surface area (Å²) in [5, 5.41) is 0. The molecule has 2 aromatic rings. The summed E-state index contributed by atoms with van der Waals surface area (Å²) in [5.41, 5.74) is 2.57. The molecule has 0 fully saturated rings. The minimum atomic E-state index is 0.565. The summed E-state index contributed by atoms with van der Waals surface area (Å²) >= 11 is 0. The van der Waals surface area contributed by atoms with E-state index in [4.69, 9.17) is 0 Å². The van der Waals surface area contributed by atoms with Crippen molar-refractivity contribution in [1.29, 1.82) is 0 Å². The molecule has 2 aromatic carbocycles. The van der Waals surface area contributed by atoms with E-state index < -0.39 is 0 Å². The first-order chi connectivity index (χ1) is 9.45. The molecule has 3 rings (SSSR count). The quantitative estimate of drug-likeness (QED) is 0.697. The number of allylic oxidation sites excluding steroid dienone is 1. The third-order valence-corrected chi connectivity index (χ3v) is 3.68. The van der Waals surface area contributed by atoms with E-state index in [1.165, 1.54) is 24.2 Å². The third kappa shape index (κ3) is 2.70. The van der Waals surface area contributed by atoms with Crippen molar-refractivity contribution in [3.63, 3.8) is 0 Å². The molecule has 0 N–H and O–H groups in total. The van der Waals surface area contributed by atoms with E-state index in [-0.39, 0.29) is 0 Å². The van der Waals surface area contributed by atoms with Crippen LogP contribution in [0.25, 0.3) is 0 Å². The van der Waals surface area contributed by atoms with E-state index in [2.05, 4.69) is 77.7 Å². The second-order valence-corrected chi connectivity index (χ2v) is 4.98. The van der Waals surface area contributed by atoms with Crippen molar-refractivity contribution in [1.82, 2.24) is 0 Å². The van der Waals surface area contributed by atoms with Crippen LogP contribution < -0.4 is 4.90 Å². The van der Waals surface area contributed by atoms with Gasteiger partial charge in [-0.1, -0.05) is 48.6 Å². The van der Waals surface area contributed by atoms with Gasteiger partial charge < -0.3 is 4.90 Å². The van der Waals surface area contributed by atoms with Crippen LogP contribution >= 0.6 is 0 Å². The van der Waals surface area contributed by atoms with Crippen LogP contribution in [0.3, 0.4) is 0 Å². The lowest BCUT2D eigenvalue weighted by molar-refractivity contribution is 0.591. The first kappa shape index (κ1) is 12.0. The molecule has 19 heavy (non-hydrogen) atoms. The normalized spacial score (nSPS) is 18.2. The molecule has 1 aliphatic rings. The minimum absolute atomic E-state index is 0.565. The van der Waals surface area contributed by atoms with Crippen LogP contribution in [0.4, 0.5) is 11.4 Å². The molecule has 0 saturated carbocycles. The van der Waals surface area contributed by atoms with Crippen LogP contribution in [-0.2, 0) is 0 Å². The molecule has 1 nitrogen and oxygen atoms in total. The number of para-hydroxylation sites is 2. The molecule has 0 spiro atoms. The Bertz CT molecular complexity index is 491. The van der Waals surface area contributed by atoms with Gasteiger partial charge in [-0.3, -0.25) is 0 Å². The van der Waals surface area contributed by atoms with Gasteiger partial charge in [0.1, 0.15) is 0 Å². The van der Waals surface area contributed by atoms with E-state index >= 15 is 0 Å². The zero-order chi connectivity index (χ0) is 12.9. The average molecular weight is 249 g/mol. The van der Waals surface area contributed by atoms with Gasteiger partial charge in [0.2, 0.25) is 0 Å². The SMILES string of the molecule is C1=CCC(N(c2ccccc2)c2ccccc2)CC1. The molecular weight excluding hydrogens is 230 g/mol. The van der Waals surface area contributed by atoms with Crippen molar-refractivity contribution in [3.05, 3.63) is 72.8 Å². The topological polar surface area (TPSA) is 3.24 Å². The number of nitrogens with zero attached hydrogens (tertiary/aromatic N) is 1. The summed E-state index contributed by atoms with van der Waals surface area (Å²) in [6.07, 6.45) is 8.14. The first-order valence-electron chi connectivity index (χ1n) is 6.99. The van der Waals surface area contributed by atoms with Crippen LogP contribution in [0.15, 0.2) is 72.8 Å². The number of hydrogen-bond acceptors (Lipinski definition) is 1. The molecule has 0 aromatic heterocycles. The predicted octanol–water partition coefficient (Wildman–Crippen LogP) is 4.93. The molecule has 1 unspecified atom stereocenters. The predicted molar refractivity (Wildman–Crippen MR) is 81.8 cm³/mol. The van der Waals surface area contributed by atoms with Crippen LogP contribution in [0.5, 0.6) is 0 Å². The average Bonchev–Trinajstić information content (AvgIpc) is 2.51. The van der Waals surface area contributed by atoms with Gasteiger partial charge in [0.05, 0.1) is 0 Å². The third-order valence-electron chi connectivity index (χ3n) is 3.68. The van der Waals surface area contributed by atoms with E-state index in [9.17, 15) is 0 Å². The summed E-state index contributed by atoms with van der Waals surface area (Å²) in [7, 11) is 0. The molecule has 1 atom stereocenters. The van der Waals surface area contributed by atoms with Crippen molar-refractivity contribution in [3.8, 4) is 0 Å². The number of hydrogen-bond donors (Lipinski definition) is 0. The number of anilines is 2. The van der Waals surface area contributed by atoms with Crippen LogP contribution in [0.2, 0.25) is 0 Å². The van der Waals surface area contributed by atoms with Gasteiger partial charge in [-0.25, -0.2) is 0 Å². The lowest BCUT2D eigenvalue weighted by Gasteiger charge is -2.34. The monoisotopic (exact) mass is 249 g/mol. The highest BCUT2D eigenvalue weighted by Gasteiger charge is 2.20. The van der Waals surface area contributed by atoms with Gasteiger partial charge >= 0.3 is 0 Å². The van der Waals surface area contributed by atoms with Crippen LogP contribution in [-0.4, -0.2) is 6.04 Å². The second-order valence-electron chi connectivity index (χ2n) is 4.98. The fraction of sp³-hybridized carbons (Fsp3) is 0.222.